The Kier molecular flexibility index (Phi) is 2.50. The van der Waals surface area contributed by atoms with Crippen LogP contribution in [0.3, 0.4) is 0 Å². The Morgan fingerprint density at radius 3 is 2.50 bits per heavy atom. The van der Waals surface area contributed by atoms with E-state index in [1.807, 2.05) is 12.1 Å². The Hall–Kier alpha value is -1.98. The van der Waals surface area contributed by atoms with Gasteiger partial charge in [-0.2, -0.15) is 0 Å². The van der Waals surface area contributed by atoms with Gasteiger partial charge >= 0.3 is 0 Å². The van der Waals surface area contributed by atoms with Crippen LogP contribution >= 0.6 is 0 Å². The molecule has 6 heteroatoms. The Bertz CT molecular complexity index is 517. The van der Waals surface area contributed by atoms with Crippen LogP contribution in [0.5, 0.6) is 11.6 Å². The second-order valence-electron chi connectivity index (χ2n) is 4.44. The molecule has 1 aliphatic rings. The highest BCUT2D eigenvalue weighted by atomic mass is 19.3. The molecule has 2 aromatic rings. The molecule has 1 aromatic heterocycles. The average molecular weight is 251 g/mol. The van der Waals surface area contributed by atoms with Crippen LogP contribution in [-0.2, 0) is 0 Å². The molecule has 3 rings (SSSR count). The molecular weight excluding hydrogens is 240 g/mol. The van der Waals surface area contributed by atoms with E-state index in [0.717, 1.165) is 5.56 Å². The number of benzene rings is 1. The van der Waals surface area contributed by atoms with Gasteiger partial charge in [0.25, 0.3) is 5.88 Å². The first-order chi connectivity index (χ1) is 8.62. The first-order valence-corrected chi connectivity index (χ1v) is 5.64. The van der Waals surface area contributed by atoms with Crippen molar-refractivity contribution < 1.29 is 13.5 Å². The molecule has 1 heterocycles. The highest BCUT2D eigenvalue weighted by molar-refractivity contribution is 5.32. The smallest absolute Gasteiger partial charge is 0.258 e. The summed E-state index contributed by atoms with van der Waals surface area (Å²) in [7, 11) is 0. The highest BCUT2D eigenvalue weighted by Crippen LogP contribution is 2.48. The number of aromatic amines is 1. The maximum absolute atomic E-state index is 12.8. The fraction of sp³-hybridized carbons (Fsp3) is 0.333. The molecule has 0 aliphatic heterocycles. The standard InChI is InChI=1S/C12H11F2N3O/c13-12(14)5-9(6-12)8-1-3-10(4-2-8)18-11-7-15-17-16-11/h1-4,7,9H,5-6H2,(H,15,16,17). The summed E-state index contributed by atoms with van der Waals surface area (Å²) in [5.74, 6) is -1.54. The lowest BCUT2D eigenvalue weighted by Gasteiger charge is -2.35. The third kappa shape index (κ3) is 2.18. The van der Waals surface area contributed by atoms with Crippen molar-refractivity contribution in [3.63, 3.8) is 0 Å². The van der Waals surface area contributed by atoms with Crippen molar-refractivity contribution in [2.24, 2.45) is 0 Å². The minimum Gasteiger partial charge on any atom is -0.436 e. The fourth-order valence-electron chi connectivity index (χ4n) is 2.07. The van der Waals surface area contributed by atoms with Gasteiger partial charge in [-0.05, 0) is 23.6 Å². The first kappa shape index (κ1) is 11.1. The van der Waals surface area contributed by atoms with Crippen LogP contribution < -0.4 is 4.74 Å². The molecule has 0 radical (unpaired) electrons. The molecule has 4 nitrogen and oxygen atoms in total. The zero-order valence-corrected chi connectivity index (χ0v) is 9.44. The summed E-state index contributed by atoms with van der Waals surface area (Å²) < 4.78 is 30.9. The van der Waals surface area contributed by atoms with Crippen LogP contribution in [0.25, 0.3) is 0 Å². The lowest BCUT2D eigenvalue weighted by Crippen LogP contribution is -2.33. The largest absolute Gasteiger partial charge is 0.436 e. The third-order valence-electron chi connectivity index (χ3n) is 3.06. The number of nitrogens with one attached hydrogen (secondary N) is 1. The van der Waals surface area contributed by atoms with E-state index in [0.29, 0.717) is 11.6 Å². The minimum absolute atomic E-state index is 0.0406. The van der Waals surface area contributed by atoms with Crippen molar-refractivity contribution in [1.29, 1.82) is 0 Å². The Balaban J connectivity index is 1.66. The third-order valence-corrected chi connectivity index (χ3v) is 3.06. The predicted octanol–water partition coefficient (Wildman–Crippen LogP) is 3.11. The van der Waals surface area contributed by atoms with Crippen LogP contribution in [0, 0.1) is 0 Å². The molecule has 0 saturated heterocycles. The fourth-order valence-corrected chi connectivity index (χ4v) is 2.07. The van der Waals surface area contributed by atoms with Crippen LogP contribution in [0.2, 0.25) is 0 Å². The Labute approximate surface area is 102 Å². The average Bonchev–Trinajstić information content (AvgIpc) is 2.80. The lowest BCUT2D eigenvalue weighted by atomic mass is 9.77. The molecule has 0 unspecified atom stereocenters. The summed E-state index contributed by atoms with van der Waals surface area (Å²) in [5, 5.41) is 9.75. The van der Waals surface area contributed by atoms with E-state index in [4.69, 9.17) is 4.74 Å². The van der Waals surface area contributed by atoms with Crippen molar-refractivity contribution in [1.82, 2.24) is 15.4 Å². The lowest BCUT2D eigenvalue weighted by molar-refractivity contribution is -0.0867. The van der Waals surface area contributed by atoms with Crippen LogP contribution in [-0.4, -0.2) is 21.3 Å². The molecule has 1 N–H and O–H groups in total. The van der Waals surface area contributed by atoms with Crippen LogP contribution in [0.4, 0.5) is 8.78 Å². The summed E-state index contributed by atoms with van der Waals surface area (Å²) in [6, 6.07) is 7.13. The van der Waals surface area contributed by atoms with Gasteiger partial charge in [0.15, 0.2) is 0 Å². The quantitative estimate of drug-likeness (QED) is 0.911. The highest BCUT2D eigenvalue weighted by Gasteiger charge is 2.45. The second kappa shape index (κ2) is 4.04. The molecule has 0 bridgehead atoms. The van der Waals surface area contributed by atoms with Crippen LogP contribution in [0.1, 0.15) is 24.3 Å². The zero-order chi connectivity index (χ0) is 12.6. The Morgan fingerprint density at radius 1 is 1.22 bits per heavy atom. The van der Waals surface area contributed by atoms with E-state index in [1.54, 1.807) is 12.1 Å². The molecule has 1 aliphatic carbocycles. The van der Waals surface area contributed by atoms with E-state index in [-0.39, 0.29) is 18.8 Å². The van der Waals surface area contributed by atoms with Gasteiger partial charge in [-0.25, -0.2) is 8.78 Å². The SMILES string of the molecule is FC1(F)CC(c2ccc(Oc3c[nH]nn3)cc2)C1. The van der Waals surface area contributed by atoms with E-state index in [2.05, 4.69) is 15.4 Å². The van der Waals surface area contributed by atoms with Gasteiger partial charge in [0.2, 0.25) is 5.92 Å². The van der Waals surface area contributed by atoms with Gasteiger partial charge in [0.05, 0.1) is 6.20 Å². The van der Waals surface area contributed by atoms with Crippen molar-refractivity contribution in [3.8, 4) is 11.6 Å². The van der Waals surface area contributed by atoms with Crippen molar-refractivity contribution in [2.75, 3.05) is 0 Å². The molecule has 1 aromatic carbocycles. The molecule has 94 valence electrons. The van der Waals surface area contributed by atoms with Gasteiger partial charge in [0.1, 0.15) is 5.75 Å². The predicted molar refractivity (Wildman–Crippen MR) is 59.8 cm³/mol. The molecular formula is C12H11F2N3O. The zero-order valence-electron chi connectivity index (χ0n) is 9.44. The topological polar surface area (TPSA) is 50.8 Å². The Morgan fingerprint density at radius 2 is 1.94 bits per heavy atom. The molecule has 0 spiro atoms. The molecule has 0 atom stereocenters. The van der Waals surface area contributed by atoms with Crippen molar-refractivity contribution >= 4 is 0 Å². The van der Waals surface area contributed by atoms with Gasteiger partial charge in [-0.3, -0.25) is 5.10 Å². The van der Waals surface area contributed by atoms with Gasteiger partial charge in [0, 0.05) is 12.8 Å². The monoisotopic (exact) mass is 251 g/mol. The van der Waals surface area contributed by atoms with Gasteiger partial charge in [-0.1, -0.05) is 22.4 Å². The number of hydrogen-bond acceptors (Lipinski definition) is 3. The van der Waals surface area contributed by atoms with Gasteiger partial charge in [-0.15, -0.1) is 0 Å². The molecule has 18 heavy (non-hydrogen) atoms. The summed E-state index contributed by atoms with van der Waals surface area (Å²) in [4.78, 5) is 0. The number of rotatable bonds is 3. The summed E-state index contributed by atoms with van der Waals surface area (Å²) >= 11 is 0. The number of H-pyrrole nitrogens is 1. The maximum Gasteiger partial charge on any atom is 0.258 e. The summed E-state index contributed by atoms with van der Waals surface area (Å²) in [5.41, 5.74) is 0.924. The van der Waals surface area contributed by atoms with Crippen molar-refractivity contribution in [3.05, 3.63) is 36.0 Å². The van der Waals surface area contributed by atoms with Crippen LogP contribution in [0.15, 0.2) is 30.5 Å². The van der Waals surface area contributed by atoms with E-state index in [9.17, 15) is 8.78 Å². The normalized spacial score (nSPS) is 18.3. The number of halogens is 2. The number of aromatic nitrogens is 3. The first-order valence-electron chi connectivity index (χ1n) is 5.64. The van der Waals surface area contributed by atoms with Gasteiger partial charge < -0.3 is 4.74 Å². The molecule has 1 fully saturated rings. The number of alkyl halides is 2. The maximum atomic E-state index is 12.8. The van der Waals surface area contributed by atoms with E-state index < -0.39 is 5.92 Å². The number of hydrogen-bond donors (Lipinski definition) is 1. The summed E-state index contributed by atoms with van der Waals surface area (Å²) in [6.45, 7) is 0. The number of ether oxygens (including phenoxy) is 1. The van der Waals surface area contributed by atoms with E-state index in [1.165, 1.54) is 6.20 Å². The summed E-state index contributed by atoms with van der Waals surface area (Å²) in [6.07, 6.45) is 1.41. The molecule has 0 amide bonds. The molecule has 1 saturated carbocycles. The van der Waals surface area contributed by atoms with E-state index >= 15 is 0 Å². The van der Waals surface area contributed by atoms with Crippen molar-refractivity contribution in [2.45, 2.75) is 24.7 Å². The minimum atomic E-state index is -2.49. The number of nitrogens with zero attached hydrogens (tertiary/aromatic N) is 2. The second-order valence-corrected chi connectivity index (χ2v) is 4.44.